The van der Waals surface area contributed by atoms with Gasteiger partial charge < -0.3 is 5.32 Å². The van der Waals surface area contributed by atoms with E-state index in [4.69, 9.17) is 0 Å². The summed E-state index contributed by atoms with van der Waals surface area (Å²) >= 11 is 0. The second kappa shape index (κ2) is 9.30. The lowest BCUT2D eigenvalue weighted by Crippen LogP contribution is -2.07. The van der Waals surface area contributed by atoms with Crippen LogP contribution in [0.4, 0.5) is 10.1 Å². The molecule has 0 saturated heterocycles. The molecule has 154 valence electrons. The molecule has 0 bridgehead atoms. The fourth-order valence-corrected chi connectivity index (χ4v) is 3.74. The smallest absolute Gasteiger partial charge is 0.221 e. The predicted octanol–water partition coefficient (Wildman–Crippen LogP) is 5.62. The first-order valence-electron chi connectivity index (χ1n) is 10.1. The molecule has 0 aliphatic rings. The first kappa shape index (κ1) is 20.4. The van der Waals surface area contributed by atoms with Crippen LogP contribution in [-0.2, 0) is 11.2 Å². The van der Waals surface area contributed by atoms with E-state index in [9.17, 15) is 9.18 Å². The summed E-state index contributed by atoms with van der Waals surface area (Å²) in [5.74, 6) is -0.385. The van der Waals surface area contributed by atoms with Gasteiger partial charge >= 0.3 is 0 Å². The zero-order chi connectivity index (χ0) is 21.6. The second-order valence-electron chi connectivity index (χ2n) is 7.39. The van der Waals surface area contributed by atoms with Crippen molar-refractivity contribution in [1.82, 2.24) is 9.97 Å². The summed E-state index contributed by atoms with van der Waals surface area (Å²) in [5.41, 5.74) is 5.59. The van der Waals surface area contributed by atoms with Crippen molar-refractivity contribution < 1.29 is 9.18 Å². The van der Waals surface area contributed by atoms with Crippen molar-refractivity contribution in [1.29, 1.82) is 0 Å². The number of nitrogens with zero attached hydrogens (tertiary/aromatic N) is 2. The Morgan fingerprint density at radius 3 is 2.13 bits per heavy atom. The van der Waals surface area contributed by atoms with Crippen LogP contribution in [0, 0.1) is 5.82 Å². The lowest BCUT2D eigenvalue weighted by molar-refractivity contribution is -0.114. The average molecular weight is 411 g/mol. The minimum atomic E-state index is -0.288. The van der Waals surface area contributed by atoms with Crippen LogP contribution in [0.5, 0.6) is 0 Å². The van der Waals surface area contributed by atoms with Crippen molar-refractivity contribution in [2.45, 2.75) is 19.3 Å². The van der Waals surface area contributed by atoms with Gasteiger partial charge in [-0.1, -0.05) is 30.3 Å². The van der Waals surface area contributed by atoms with Gasteiger partial charge in [-0.2, -0.15) is 0 Å². The molecular formula is C26H22FN3O. The van der Waals surface area contributed by atoms with Crippen LogP contribution in [0.2, 0.25) is 0 Å². The summed E-state index contributed by atoms with van der Waals surface area (Å²) in [7, 11) is 0. The number of amides is 1. The molecular weight excluding hydrogens is 389 g/mol. The Labute approximate surface area is 180 Å². The molecule has 1 N–H and O–H groups in total. The van der Waals surface area contributed by atoms with Crippen molar-refractivity contribution in [3.63, 3.8) is 0 Å². The number of nitrogens with one attached hydrogen (secondary N) is 1. The van der Waals surface area contributed by atoms with E-state index in [1.807, 2.05) is 54.9 Å². The van der Waals surface area contributed by atoms with E-state index in [1.165, 1.54) is 13.0 Å². The molecule has 0 saturated carbocycles. The maximum atomic E-state index is 14.2. The third-order valence-electron chi connectivity index (χ3n) is 5.19. The zero-order valence-electron chi connectivity index (χ0n) is 17.1. The second-order valence-corrected chi connectivity index (χ2v) is 7.39. The minimum absolute atomic E-state index is 0.0327. The molecule has 0 aliphatic heterocycles. The zero-order valence-corrected chi connectivity index (χ0v) is 17.1. The molecule has 2 aromatic carbocycles. The number of carbonyl (C=O) groups is 1. The Morgan fingerprint density at radius 2 is 1.58 bits per heavy atom. The Balaban J connectivity index is 1.73. The summed E-state index contributed by atoms with van der Waals surface area (Å²) in [6, 6.07) is 20.3. The highest BCUT2D eigenvalue weighted by atomic mass is 19.1. The van der Waals surface area contributed by atoms with Crippen LogP contribution in [0.1, 0.15) is 29.5 Å². The van der Waals surface area contributed by atoms with E-state index in [0.29, 0.717) is 12.1 Å². The summed E-state index contributed by atoms with van der Waals surface area (Å²) < 4.78 is 14.2. The Bertz CT molecular complexity index is 1120. The van der Waals surface area contributed by atoms with Gasteiger partial charge in [0.15, 0.2) is 0 Å². The average Bonchev–Trinajstić information content (AvgIpc) is 2.79. The van der Waals surface area contributed by atoms with Crippen LogP contribution in [0.15, 0.2) is 91.5 Å². The lowest BCUT2D eigenvalue weighted by atomic mass is 9.85. The summed E-state index contributed by atoms with van der Waals surface area (Å²) in [6.07, 6.45) is 7.90. The van der Waals surface area contributed by atoms with Gasteiger partial charge in [-0.05, 0) is 70.6 Å². The van der Waals surface area contributed by atoms with Crippen LogP contribution in [0.3, 0.4) is 0 Å². The van der Waals surface area contributed by atoms with Crippen molar-refractivity contribution in [2.24, 2.45) is 0 Å². The lowest BCUT2D eigenvalue weighted by Gasteiger charge is -2.20. The molecule has 0 unspecified atom stereocenters. The number of rotatable bonds is 6. The number of hydrogen-bond donors (Lipinski definition) is 1. The quantitative estimate of drug-likeness (QED) is 0.448. The van der Waals surface area contributed by atoms with Crippen LogP contribution in [0.25, 0.3) is 11.1 Å². The van der Waals surface area contributed by atoms with Gasteiger partial charge in [0.25, 0.3) is 0 Å². The summed E-state index contributed by atoms with van der Waals surface area (Å²) in [4.78, 5) is 19.9. The molecule has 0 radical (unpaired) electrons. The Morgan fingerprint density at radius 1 is 0.935 bits per heavy atom. The monoisotopic (exact) mass is 411 g/mol. The van der Waals surface area contributed by atoms with E-state index in [1.54, 1.807) is 18.5 Å². The highest BCUT2D eigenvalue weighted by molar-refractivity contribution is 5.89. The fraction of sp³-hybridized carbons (Fsp3) is 0.115. The Hall–Kier alpha value is -3.86. The number of halogens is 1. The van der Waals surface area contributed by atoms with Crippen molar-refractivity contribution in [2.75, 3.05) is 5.32 Å². The van der Waals surface area contributed by atoms with Gasteiger partial charge in [-0.15, -0.1) is 0 Å². The van der Waals surface area contributed by atoms with E-state index in [0.717, 1.165) is 27.8 Å². The van der Waals surface area contributed by atoms with Crippen LogP contribution >= 0.6 is 0 Å². The van der Waals surface area contributed by atoms with Crippen LogP contribution < -0.4 is 5.32 Å². The summed E-state index contributed by atoms with van der Waals surface area (Å²) in [6.45, 7) is 1.47. The SMILES string of the molecule is CC(=O)Nc1ccc(-c2cc(F)ccc2CC(c2cccnc2)c2cccnc2)cc1. The number of aromatic nitrogens is 2. The van der Waals surface area contributed by atoms with Gasteiger partial charge in [-0.25, -0.2) is 4.39 Å². The molecule has 31 heavy (non-hydrogen) atoms. The number of benzene rings is 2. The van der Waals surface area contributed by atoms with E-state index in [-0.39, 0.29) is 17.6 Å². The van der Waals surface area contributed by atoms with Crippen LogP contribution in [-0.4, -0.2) is 15.9 Å². The molecule has 0 aliphatic carbocycles. The number of anilines is 1. The summed E-state index contributed by atoms with van der Waals surface area (Å²) in [5, 5.41) is 2.76. The standard InChI is InChI=1S/C26H22FN3O/c1-18(31)30-24-10-7-19(8-11-24)26-15-23(27)9-6-20(26)14-25(21-4-2-12-28-16-21)22-5-3-13-29-17-22/h2-13,15-17,25H,14H2,1H3,(H,30,31). The van der Waals surface area contributed by atoms with Crippen molar-refractivity contribution in [3.8, 4) is 11.1 Å². The maximum absolute atomic E-state index is 14.2. The molecule has 4 rings (SSSR count). The highest BCUT2D eigenvalue weighted by Gasteiger charge is 2.18. The molecule has 2 aromatic heterocycles. The molecule has 0 atom stereocenters. The first-order valence-corrected chi connectivity index (χ1v) is 10.1. The molecule has 4 nitrogen and oxygen atoms in total. The van der Waals surface area contributed by atoms with Gasteiger partial charge in [0, 0.05) is 43.3 Å². The molecule has 4 aromatic rings. The van der Waals surface area contributed by atoms with Gasteiger partial charge in [0.1, 0.15) is 5.82 Å². The maximum Gasteiger partial charge on any atom is 0.221 e. The highest BCUT2D eigenvalue weighted by Crippen LogP contribution is 2.33. The Kier molecular flexibility index (Phi) is 6.13. The number of hydrogen-bond acceptors (Lipinski definition) is 3. The minimum Gasteiger partial charge on any atom is -0.326 e. The van der Waals surface area contributed by atoms with E-state index in [2.05, 4.69) is 27.4 Å². The van der Waals surface area contributed by atoms with Crippen molar-refractivity contribution in [3.05, 3.63) is 114 Å². The van der Waals surface area contributed by atoms with Gasteiger partial charge in [0.2, 0.25) is 5.91 Å². The topological polar surface area (TPSA) is 54.9 Å². The number of carbonyl (C=O) groups excluding carboxylic acids is 1. The molecule has 1 amide bonds. The van der Waals surface area contributed by atoms with E-state index < -0.39 is 0 Å². The molecule has 0 spiro atoms. The van der Waals surface area contributed by atoms with Crippen molar-refractivity contribution >= 4 is 11.6 Å². The predicted molar refractivity (Wildman–Crippen MR) is 120 cm³/mol. The van der Waals surface area contributed by atoms with Gasteiger partial charge in [-0.3, -0.25) is 14.8 Å². The normalized spacial score (nSPS) is 10.8. The molecule has 5 heteroatoms. The van der Waals surface area contributed by atoms with Gasteiger partial charge in [0.05, 0.1) is 0 Å². The molecule has 2 heterocycles. The first-order chi connectivity index (χ1) is 15.1. The largest absolute Gasteiger partial charge is 0.326 e. The third kappa shape index (κ3) is 5.01. The molecule has 0 fully saturated rings. The van der Waals surface area contributed by atoms with E-state index >= 15 is 0 Å². The third-order valence-corrected chi connectivity index (χ3v) is 5.19. The fourth-order valence-electron chi connectivity index (χ4n) is 3.74. The number of pyridine rings is 2.